The molecule has 1 aliphatic carbocycles. The maximum Gasteiger partial charge on any atom is 0.119 e. The third-order valence-electron chi connectivity index (χ3n) is 4.67. The van der Waals surface area contributed by atoms with Crippen LogP contribution in [-0.2, 0) is 0 Å². The van der Waals surface area contributed by atoms with Crippen molar-refractivity contribution in [2.75, 3.05) is 31.1 Å². The van der Waals surface area contributed by atoms with Crippen LogP contribution in [0.1, 0.15) is 39.0 Å². The van der Waals surface area contributed by atoms with Gasteiger partial charge in [0.2, 0.25) is 0 Å². The molecule has 1 aromatic carbocycles. The Morgan fingerprint density at radius 3 is 2.60 bits per heavy atom. The van der Waals surface area contributed by atoms with Crippen LogP contribution in [0.15, 0.2) is 24.3 Å². The standard InChI is InChI=1S/C17H26N2O/c1-2-20-16-8-6-15(7-9-16)19-13-5-12-18-17(14-19)10-3-4-11-17/h6-9,18H,2-5,10-14H2,1H3. The second-order valence-corrected chi connectivity index (χ2v) is 6.12. The molecule has 1 saturated heterocycles. The SMILES string of the molecule is CCOc1ccc(N2CCCNC3(CCCC3)C2)cc1. The predicted molar refractivity (Wildman–Crippen MR) is 83.6 cm³/mol. The molecule has 2 fully saturated rings. The molecule has 3 heteroatoms. The molecule has 3 nitrogen and oxygen atoms in total. The molecule has 0 unspecified atom stereocenters. The van der Waals surface area contributed by atoms with Crippen molar-refractivity contribution >= 4 is 5.69 Å². The van der Waals surface area contributed by atoms with Crippen molar-refractivity contribution in [1.82, 2.24) is 5.32 Å². The van der Waals surface area contributed by atoms with Crippen LogP contribution in [0.25, 0.3) is 0 Å². The number of benzene rings is 1. The van der Waals surface area contributed by atoms with Crippen molar-refractivity contribution in [3.05, 3.63) is 24.3 Å². The fourth-order valence-electron chi connectivity index (χ4n) is 3.65. The molecule has 0 atom stereocenters. The van der Waals surface area contributed by atoms with Crippen molar-refractivity contribution in [2.45, 2.75) is 44.6 Å². The summed E-state index contributed by atoms with van der Waals surface area (Å²) in [5.41, 5.74) is 1.71. The van der Waals surface area contributed by atoms with Gasteiger partial charge in [0.25, 0.3) is 0 Å². The van der Waals surface area contributed by atoms with E-state index in [1.54, 1.807) is 0 Å². The van der Waals surface area contributed by atoms with Gasteiger partial charge in [0.15, 0.2) is 0 Å². The lowest BCUT2D eigenvalue weighted by molar-refractivity contribution is 0.340. The van der Waals surface area contributed by atoms with Crippen molar-refractivity contribution in [3.63, 3.8) is 0 Å². The normalized spacial score (nSPS) is 21.9. The minimum atomic E-state index is 0.370. The van der Waals surface area contributed by atoms with Gasteiger partial charge >= 0.3 is 0 Å². The lowest BCUT2D eigenvalue weighted by Gasteiger charge is -2.34. The molecule has 0 bridgehead atoms. The highest BCUT2D eigenvalue weighted by Gasteiger charge is 2.36. The zero-order valence-electron chi connectivity index (χ0n) is 12.5. The van der Waals surface area contributed by atoms with Crippen LogP contribution in [0, 0.1) is 0 Å². The average Bonchev–Trinajstić information content (AvgIpc) is 2.81. The van der Waals surface area contributed by atoms with Crippen LogP contribution in [0.5, 0.6) is 5.75 Å². The zero-order chi connectivity index (χ0) is 13.8. The molecule has 1 heterocycles. The first-order chi connectivity index (χ1) is 9.81. The van der Waals surface area contributed by atoms with E-state index in [9.17, 15) is 0 Å². The van der Waals surface area contributed by atoms with E-state index >= 15 is 0 Å². The van der Waals surface area contributed by atoms with Crippen LogP contribution < -0.4 is 15.0 Å². The van der Waals surface area contributed by atoms with Gasteiger partial charge in [0.1, 0.15) is 5.75 Å². The Bertz CT molecular complexity index is 423. The maximum atomic E-state index is 5.54. The molecule has 20 heavy (non-hydrogen) atoms. The minimum absolute atomic E-state index is 0.370. The average molecular weight is 274 g/mol. The van der Waals surface area contributed by atoms with Gasteiger partial charge in [0.05, 0.1) is 6.61 Å². The molecule has 0 radical (unpaired) electrons. The van der Waals surface area contributed by atoms with Crippen LogP contribution in [0.2, 0.25) is 0 Å². The van der Waals surface area contributed by atoms with Gasteiger partial charge in [-0.3, -0.25) is 0 Å². The van der Waals surface area contributed by atoms with Crippen LogP contribution >= 0.6 is 0 Å². The Labute approximate surface area is 122 Å². The highest BCUT2D eigenvalue weighted by Crippen LogP contribution is 2.33. The van der Waals surface area contributed by atoms with Gasteiger partial charge in [-0.1, -0.05) is 12.8 Å². The number of hydrogen-bond donors (Lipinski definition) is 1. The molecule has 0 aromatic heterocycles. The van der Waals surface area contributed by atoms with Gasteiger partial charge < -0.3 is 15.0 Å². The summed E-state index contributed by atoms with van der Waals surface area (Å²) < 4.78 is 5.54. The lowest BCUT2D eigenvalue weighted by Crippen LogP contribution is -2.49. The maximum absolute atomic E-state index is 5.54. The Hall–Kier alpha value is -1.22. The fourth-order valence-corrected chi connectivity index (χ4v) is 3.65. The minimum Gasteiger partial charge on any atom is -0.494 e. The molecule has 1 N–H and O–H groups in total. The molecular formula is C17H26N2O. The van der Waals surface area contributed by atoms with E-state index in [1.807, 2.05) is 6.92 Å². The second-order valence-electron chi connectivity index (χ2n) is 6.12. The van der Waals surface area contributed by atoms with E-state index in [0.29, 0.717) is 5.54 Å². The zero-order valence-corrected chi connectivity index (χ0v) is 12.5. The van der Waals surface area contributed by atoms with Crippen LogP contribution in [0.3, 0.4) is 0 Å². The lowest BCUT2D eigenvalue weighted by atomic mass is 9.97. The Morgan fingerprint density at radius 1 is 1.15 bits per heavy atom. The van der Waals surface area contributed by atoms with E-state index in [4.69, 9.17) is 4.74 Å². The first kappa shape index (κ1) is 13.7. The highest BCUT2D eigenvalue weighted by atomic mass is 16.5. The number of anilines is 1. The van der Waals surface area contributed by atoms with Gasteiger partial charge in [-0.15, -0.1) is 0 Å². The number of rotatable bonds is 3. The molecule has 2 aliphatic rings. The van der Waals surface area contributed by atoms with E-state index in [2.05, 4.69) is 34.5 Å². The summed E-state index contributed by atoms with van der Waals surface area (Å²) in [5, 5.41) is 3.82. The summed E-state index contributed by atoms with van der Waals surface area (Å²) in [4.78, 5) is 2.56. The quantitative estimate of drug-likeness (QED) is 0.916. The van der Waals surface area contributed by atoms with E-state index in [1.165, 1.54) is 37.8 Å². The topological polar surface area (TPSA) is 24.5 Å². The van der Waals surface area contributed by atoms with Crippen molar-refractivity contribution in [2.24, 2.45) is 0 Å². The summed E-state index contributed by atoms with van der Waals surface area (Å²) in [5.74, 6) is 0.972. The second kappa shape index (κ2) is 6.04. The van der Waals surface area contributed by atoms with Crippen molar-refractivity contribution in [3.8, 4) is 5.75 Å². The van der Waals surface area contributed by atoms with Gasteiger partial charge in [-0.25, -0.2) is 0 Å². The largest absolute Gasteiger partial charge is 0.494 e. The summed E-state index contributed by atoms with van der Waals surface area (Å²) in [7, 11) is 0. The first-order valence-corrected chi connectivity index (χ1v) is 8.04. The Morgan fingerprint density at radius 2 is 1.90 bits per heavy atom. The Kier molecular flexibility index (Phi) is 4.16. The number of hydrogen-bond acceptors (Lipinski definition) is 3. The smallest absolute Gasteiger partial charge is 0.119 e. The summed E-state index contributed by atoms with van der Waals surface area (Å²) in [6.07, 6.45) is 6.66. The molecule has 1 saturated carbocycles. The summed E-state index contributed by atoms with van der Waals surface area (Å²) >= 11 is 0. The van der Waals surface area contributed by atoms with Crippen molar-refractivity contribution < 1.29 is 4.74 Å². The molecule has 1 spiro atoms. The molecule has 110 valence electrons. The fraction of sp³-hybridized carbons (Fsp3) is 0.647. The van der Waals surface area contributed by atoms with E-state index in [0.717, 1.165) is 32.0 Å². The number of nitrogens with zero attached hydrogens (tertiary/aromatic N) is 1. The molecule has 1 aliphatic heterocycles. The molecular weight excluding hydrogens is 248 g/mol. The number of nitrogens with one attached hydrogen (secondary N) is 1. The summed E-state index contributed by atoms with van der Waals surface area (Å²) in [6.45, 7) is 6.23. The molecule has 1 aromatic rings. The van der Waals surface area contributed by atoms with Crippen LogP contribution in [-0.4, -0.2) is 31.8 Å². The van der Waals surface area contributed by atoms with Crippen LogP contribution in [0.4, 0.5) is 5.69 Å². The molecule has 3 rings (SSSR count). The van der Waals surface area contributed by atoms with Gasteiger partial charge in [-0.2, -0.15) is 0 Å². The molecule has 0 amide bonds. The summed E-state index contributed by atoms with van der Waals surface area (Å²) in [6, 6.07) is 8.61. The third-order valence-corrected chi connectivity index (χ3v) is 4.67. The highest BCUT2D eigenvalue weighted by molar-refractivity contribution is 5.49. The van der Waals surface area contributed by atoms with Gasteiger partial charge in [0, 0.05) is 24.3 Å². The van der Waals surface area contributed by atoms with E-state index < -0.39 is 0 Å². The monoisotopic (exact) mass is 274 g/mol. The first-order valence-electron chi connectivity index (χ1n) is 8.04. The number of ether oxygens (including phenoxy) is 1. The van der Waals surface area contributed by atoms with E-state index in [-0.39, 0.29) is 0 Å². The Balaban J connectivity index is 1.74. The third kappa shape index (κ3) is 2.93. The van der Waals surface area contributed by atoms with Crippen molar-refractivity contribution in [1.29, 1.82) is 0 Å². The van der Waals surface area contributed by atoms with Gasteiger partial charge in [-0.05, 0) is 57.0 Å². The predicted octanol–water partition coefficient (Wildman–Crippen LogP) is 3.20.